The van der Waals surface area contributed by atoms with Crippen molar-refractivity contribution in [1.29, 1.82) is 0 Å². The van der Waals surface area contributed by atoms with Crippen LogP contribution in [0.2, 0.25) is 0 Å². The summed E-state index contributed by atoms with van der Waals surface area (Å²) in [5.74, 6) is 0. The monoisotopic (exact) mass is 264 g/mol. The van der Waals surface area contributed by atoms with Gasteiger partial charge < -0.3 is 14.6 Å². The van der Waals surface area contributed by atoms with Gasteiger partial charge >= 0.3 is 0 Å². The molecule has 0 saturated carbocycles. The number of hydrogen-bond donors (Lipinski definition) is 1. The van der Waals surface area contributed by atoms with Crippen LogP contribution in [0.25, 0.3) is 0 Å². The molecule has 1 aliphatic heterocycles. The number of benzene rings is 1. The standard InChI is InChI=1S/C16H24O3/c1-9-10(2)12(4)15(13(5)11(9)3)16(17)14-8-18-6-7-19-14/h14,16-17H,6-8H2,1-5H3. The predicted molar refractivity (Wildman–Crippen MR) is 75.6 cm³/mol. The van der Waals surface area contributed by atoms with Gasteiger partial charge in [-0.05, 0) is 68.0 Å². The van der Waals surface area contributed by atoms with Crippen LogP contribution in [0.5, 0.6) is 0 Å². The number of rotatable bonds is 2. The van der Waals surface area contributed by atoms with Crippen molar-refractivity contribution in [1.82, 2.24) is 0 Å². The Morgan fingerprint density at radius 3 is 1.89 bits per heavy atom. The Bertz CT molecular complexity index is 444. The van der Waals surface area contributed by atoms with E-state index >= 15 is 0 Å². The Morgan fingerprint density at radius 1 is 0.895 bits per heavy atom. The van der Waals surface area contributed by atoms with Gasteiger partial charge in [0, 0.05) is 0 Å². The Labute approximate surface area is 115 Å². The molecule has 19 heavy (non-hydrogen) atoms. The summed E-state index contributed by atoms with van der Waals surface area (Å²) in [6.45, 7) is 12.2. The van der Waals surface area contributed by atoms with E-state index in [1.165, 1.54) is 27.8 Å². The van der Waals surface area contributed by atoms with Gasteiger partial charge in [0.05, 0.1) is 19.8 Å². The lowest BCUT2D eigenvalue weighted by Crippen LogP contribution is -2.34. The summed E-state index contributed by atoms with van der Waals surface area (Å²) in [5.41, 5.74) is 7.18. The summed E-state index contributed by atoms with van der Waals surface area (Å²) in [5, 5.41) is 10.6. The van der Waals surface area contributed by atoms with E-state index in [4.69, 9.17) is 9.47 Å². The van der Waals surface area contributed by atoms with Gasteiger partial charge in [0.25, 0.3) is 0 Å². The summed E-state index contributed by atoms with van der Waals surface area (Å²) >= 11 is 0. The van der Waals surface area contributed by atoms with Gasteiger partial charge in [-0.25, -0.2) is 0 Å². The van der Waals surface area contributed by atoms with Crippen molar-refractivity contribution in [3.8, 4) is 0 Å². The number of aliphatic hydroxyl groups is 1. The van der Waals surface area contributed by atoms with Crippen LogP contribution < -0.4 is 0 Å². The van der Waals surface area contributed by atoms with E-state index in [1.807, 2.05) is 0 Å². The maximum absolute atomic E-state index is 10.6. The minimum Gasteiger partial charge on any atom is -0.386 e. The van der Waals surface area contributed by atoms with Crippen LogP contribution in [0.4, 0.5) is 0 Å². The normalized spacial score (nSPS) is 21.5. The topological polar surface area (TPSA) is 38.7 Å². The highest BCUT2D eigenvalue weighted by atomic mass is 16.6. The van der Waals surface area contributed by atoms with Gasteiger partial charge in [0.1, 0.15) is 12.2 Å². The first-order valence-electron chi connectivity index (χ1n) is 6.89. The van der Waals surface area contributed by atoms with Crippen molar-refractivity contribution < 1.29 is 14.6 Å². The zero-order valence-corrected chi connectivity index (χ0v) is 12.5. The molecule has 1 saturated heterocycles. The van der Waals surface area contributed by atoms with Crippen molar-refractivity contribution in [2.75, 3.05) is 19.8 Å². The molecule has 1 aliphatic rings. The van der Waals surface area contributed by atoms with E-state index in [0.717, 1.165) is 5.56 Å². The first-order chi connectivity index (χ1) is 8.95. The first-order valence-corrected chi connectivity index (χ1v) is 6.89. The molecule has 2 rings (SSSR count). The second-order valence-corrected chi connectivity index (χ2v) is 5.47. The third-order valence-electron chi connectivity index (χ3n) is 4.55. The van der Waals surface area contributed by atoms with Gasteiger partial charge in [-0.1, -0.05) is 0 Å². The SMILES string of the molecule is Cc1c(C)c(C)c(C(O)C2COCCO2)c(C)c1C. The molecule has 3 heteroatoms. The summed E-state index contributed by atoms with van der Waals surface area (Å²) in [4.78, 5) is 0. The molecule has 0 bridgehead atoms. The summed E-state index contributed by atoms with van der Waals surface area (Å²) in [6, 6.07) is 0. The van der Waals surface area contributed by atoms with E-state index < -0.39 is 6.10 Å². The zero-order chi connectivity index (χ0) is 14.2. The number of ether oxygens (including phenoxy) is 2. The first kappa shape index (κ1) is 14.5. The minimum atomic E-state index is -0.613. The molecule has 2 unspecified atom stereocenters. The Morgan fingerprint density at radius 2 is 1.42 bits per heavy atom. The number of hydrogen-bond acceptors (Lipinski definition) is 3. The quantitative estimate of drug-likeness (QED) is 0.892. The molecule has 0 spiro atoms. The largest absolute Gasteiger partial charge is 0.386 e. The molecule has 3 nitrogen and oxygen atoms in total. The summed E-state index contributed by atoms with van der Waals surface area (Å²) < 4.78 is 11.0. The molecule has 0 radical (unpaired) electrons. The molecule has 0 aliphatic carbocycles. The smallest absolute Gasteiger partial charge is 0.111 e. The van der Waals surface area contributed by atoms with Crippen molar-refractivity contribution in [2.45, 2.75) is 46.8 Å². The lowest BCUT2D eigenvalue weighted by Gasteiger charge is -2.30. The minimum absolute atomic E-state index is 0.257. The third-order valence-corrected chi connectivity index (χ3v) is 4.55. The second kappa shape index (κ2) is 5.61. The fraction of sp³-hybridized carbons (Fsp3) is 0.625. The van der Waals surface area contributed by atoms with E-state index in [-0.39, 0.29) is 6.10 Å². The average Bonchev–Trinajstić information content (AvgIpc) is 2.44. The fourth-order valence-corrected chi connectivity index (χ4v) is 2.85. The van der Waals surface area contributed by atoms with Crippen LogP contribution in [0, 0.1) is 34.6 Å². The Kier molecular flexibility index (Phi) is 4.29. The Hall–Kier alpha value is -0.900. The molecule has 106 valence electrons. The highest BCUT2D eigenvalue weighted by Crippen LogP contribution is 2.33. The highest BCUT2D eigenvalue weighted by molar-refractivity contribution is 5.50. The average molecular weight is 264 g/mol. The van der Waals surface area contributed by atoms with E-state index in [2.05, 4.69) is 34.6 Å². The predicted octanol–water partition coefficient (Wildman–Crippen LogP) is 2.68. The maximum Gasteiger partial charge on any atom is 0.111 e. The van der Waals surface area contributed by atoms with Crippen LogP contribution in [-0.4, -0.2) is 31.0 Å². The number of aliphatic hydroxyl groups excluding tert-OH is 1. The lowest BCUT2D eigenvalue weighted by molar-refractivity contribution is -0.133. The molecule has 1 aromatic carbocycles. The molecule has 1 fully saturated rings. The fourth-order valence-electron chi connectivity index (χ4n) is 2.85. The summed E-state index contributed by atoms with van der Waals surface area (Å²) in [7, 11) is 0. The van der Waals surface area contributed by atoms with Crippen LogP contribution >= 0.6 is 0 Å². The van der Waals surface area contributed by atoms with Crippen LogP contribution in [0.15, 0.2) is 0 Å². The molecular weight excluding hydrogens is 240 g/mol. The third kappa shape index (κ3) is 2.55. The molecule has 1 N–H and O–H groups in total. The van der Waals surface area contributed by atoms with Crippen LogP contribution in [0.1, 0.15) is 39.5 Å². The zero-order valence-electron chi connectivity index (χ0n) is 12.5. The van der Waals surface area contributed by atoms with Crippen LogP contribution in [0.3, 0.4) is 0 Å². The van der Waals surface area contributed by atoms with Crippen molar-refractivity contribution in [2.24, 2.45) is 0 Å². The van der Waals surface area contributed by atoms with Crippen molar-refractivity contribution in [3.05, 3.63) is 33.4 Å². The lowest BCUT2D eigenvalue weighted by atomic mass is 9.86. The molecule has 2 atom stereocenters. The van der Waals surface area contributed by atoms with Gasteiger partial charge in [-0.3, -0.25) is 0 Å². The van der Waals surface area contributed by atoms with E-state index in [0.29, 0.717) is 19.8 Å². The highest BCUT2D eigenvalue weighted by Gasteiger charge is 2.28. The van der Waals surface area contributed by atoms with Crippen molar-refractivity contribution in [3.63, 3.8) is 0 Å². The van der Waals surface area contributed by atoms with Gasteiger partial charge in [0.15, 0.2) is 0 Å². The molecule has 1 heterocycles. The Balaban J connectivity index is 2.43. The van der Waals surface area contributed by atoms with E-state index in [9.17, 15) is 5.11 Å². The van der Waals surface area contributed by atoms with Gasteiger partial charge in [0.2, 0.25) is 0 Å². The van der Waals surface area contributed by atoms with E-state index in [1.54, 1.807) is 0 Å². The van der Waals surface area contributed by atoms with Crippen molar-refractivity contribution >= 4 is 0 Å². The van der Waals surface area contributed by atoms with Gasteiger partial charge in [-0.2, -0.15) is 0 Å². The van der Waals surface area contributed by atoms with Gasteiger partial charge in [-0.15, -0.1) is 0 Å². The van der Waals surface area contributed by atoms with Crippen LogP contribution in [-0.2, 0) is 9.47 Å². The molecule has 1 aromatic rings. The molecule has 0 amide bonds. The molecule has 0 aromatic heterocycles. The maximum atomic E-state index is 10.6. The second-order valence-electron chi connectivity index (χ2n) is 5.47. The molecular formula is C16H24O3. The summed E-state index contributed by atoms with van der Waals surface area (Å²) in [6.07, 6.45) is -0.869.